The van der Waals surface area contributed by atoms with Crippen LogP contribution in [0, 0.1) is 0 Å². The zero-order chi connectivity index (χ0) is 14.0. The summed E-state index contributed by atoms with van der Waals surface area (Å²) in [6, 6.07) is 20.3. The molecule has 2 aromatic carbocycles. The van der Waals surface area contributed by atoms with Gasteiger partial charge in [0.2, 0.25) is 0 Å². The van der Waals surface area contributed by atoms with Crippen LogP contribution in [0.3, 0.4) is 0 Å². The summed E-state index contributed by atoms with van der Waals surface area (Å²) in [5.41, 5.74) is 2.38. The molecule has 0 aromatic heterocycles. The summed E-state index contributed by atoms with van der Waals surface area (Å²) in [6.07, 6.45) is 2.62. The van der Waals surface area contributed by atoms with Gasteiger partial charge in [0.25, 0.3) is 0 Å². The van der Waals surface area contributed by atoms with Crippen LogP contribution in [-0.4, -0.2) is 12.9 Å². The highest BCUT2D eigenvalue weighted by atomic mass is 16.7. The molecule has 2 rings (SSSR count). The Labute approximate surface area is 120 Å². The van der Waals surface area contributed by atoms with Crippen LogP contribution in [0.15, 0.2) is 73.3 Å². The second-order valence-corrected chi connectivity index (χ2v) is 4.58. The minimum Gasteiger partial charge on any atom is -0.351 e. The average molecular weight is 268 g/mol. The lowest BCUT2D eigenvalue weighted by Crippen LogP contribution is -2.15. The minimum absolute atomic E-state index is 0.0202. The lowest BCUT2D eigenvalue weighted by atomic mass is 10.1. The van der Waals surface area contributed by atoms with E-state index < -0.39 is 0 Å². The molecule has 2 aromatic rings. The summed E-state index contributed by atoms with van der Waals surface area (Å²) in [4.78, 5) is 0. The molecule has 0 bridgehead atoms. The number of hydrogen-bond acceptors (Lipinski definition) is 2. The van der Waals surface area contributed by atoms with Crippen LogP contribution in [0.5, 0.6) is 0 Å². The van der Waals surface area contributed by atoms with Crippen molar-refractivity contribution in [1.29, 1.82) is 0 Å². The largest absolute Gasteiger partial charge is 0.351 e. The van der Waals surface area contributed by atoms with Crippen molar-refractivity contribution in [3.05, 3.63) is 84.4 Å². The summed E-state index contributed by atoms with van der Waals surface area (Å²) < 4.78 is 11.2. The Hall–Kier alpha value is -1.90. The van der Waals surface area contributed by atoms with E-state index in [1.807, 2.05) is 54.6 Å². The quantitative estimate of drug-likeness (QED) is 0.409. The molecule has 0 aliphatic rings. The van der Waals surface area contributed by atoms with Gasteiger partial charge in [0.05, 0.1) is 12.7 Å². The molecule has 0 spiro atoms. The van der Waals surface area contributed by atoms with Crippen molar-refractivity contribution in [2.45, 2.75) is 19.1 Å². The van der Waals surface area contributed by atoms with Crippen molar-refractivity contribution in [2.75, 3.05) is 6.79 Å². The Kier molecular flexibility index (Phi) is 6.03. The summed E-state index contributed by atoms with van der Waals surface area (Å²) in [7, 11) is 0. The van der Waals surface area contributed by atoms with Gasteiger partial charge in [0.15, 0.2) is 0 Å². The zero-order valence-electron chi connectivity index (χ0n) is 11.6. The van der Waals surface area contributed by atoms with Crippen molar-refractivity contribution in [2.24, 2.45) is 0 Å². The first kappa shape index (κ1) is 14.5. The molecular weight excluding hydrogens is 248 g/mol. The van der Waals surface area contributed by atoms with Crippen LogP contribution in [0.1, 0.15) is 11.1 Å². The van der Waals surface area contributed by atoms with E-state index in [1.54, 1.807) is 0 Å². The molecule has 1 atom stereocenters. The third-order valence-electron chi connectivity index (χ3n) is 3.02. The topological polar surface area (TPSA) is 18.5 Å². The summed E-state index contributed by atoms with van der Waals surface area (Å²) in [5, 5.41) is 0. The molecule has 0 saturated heterocycles. The van der Waals surface area contributed by atoms with Gasteiger partial charge >= 0.3 is 0 Å². The van der Waals surface area contributed by atoms with Gasteiger partial charge in [0, 0.05) is 6.42 Å². The Bertz CT molecular complexity index is 493. The van der Waals surface area contributed by atoms with Gasteiger partial charge in [-0.3, -0.25) is 0 Å². The Balaban J connectivity index is 1.70. The number of benzene rings is 2. The predicted octanol–water partition coefficient (Wildman–Crippen LogP) is 3.97. The SMILES string of the molecule is C=CC(Cc1ccccc1)OCOCc1ccccc1. The van der Waals surface area contributed by atoms with Gasteiger partial charge in [-0.2, -0.15) is 0 Å². The normalized spacial score (nSPS) is 12.0. The number of hydrogen-bond donors (Lipinski definition) is 0. The van der Waals surface area contributed by atoms with E-state index in [4.69, 9.17) is 9.47 Å². The van der Waals surface area contributed by atoms with E-state index >= 15 is 0 Å². The fraction of sp³-hybridized carbons (Fsp3) is 0.222. The first-order valence-corrected chi connectivity index (χ1v) is 6.78. The summed E-state index contributed by atoms with van der Waals surface area (Å²) in [6.45, 7) is 4.66. The van der Waals surface area contributed by atoms with E-state index in [0.717, 1.165) is 12.0 Å². The van der Waals surface area contributed by atoms with Crippen LogP contribution < -0.4 is 0 Å². The maximum atomic E-state index is 5.68. The fourth-order valence-corrected chi connectivity index (χ4v) is 1.93. The fourth-order valence-electron chi connectivity index (χ4n) is 1.93. The maximum absolute atomic E-state index is 5.68. The molecule has 1 unspecified atom stereocenters. The Morgan fingerprint density at radius 3 is 2.10 bits per heavy atom. The molecule has 0 amide bonds. The van der Waals surface area contributed by atoms with Crippen molar-refractivity contribution in [1.82, 2.24) is 0 Å². The van der Waals surface area contributed by atoms with Gasteiger partial charge in [0.1, 0.15) is 6.79 Å². The summed E-state index contributed by atoms with van der Waals surface area (Å²) in [5.74, 6) is 0. The van der Waals surface area contributed by atoms with Gasteiger partial charge in [-0.25, -0.2) is 0 Å². The lowest BCUT2D eigenvalue weighted by molar-refractivity contribution is -0.0818. The summed E-state index contributed by atoms with van der Waals surface area (Å²) >= 11 is 0. The van der Waals surface area contributed by atoms with Crippen LogP contribution in [0.25, 0.3) is 0 Å². The number of rotatable bonds is 8. The lowest BCUT2D eigenvalue weighted by Gasteiger charge is -2.14. The predicted molar refractivity (Wildman–Crippen MR) is 81.3 cm³/mol. The first-order chi connectivity index (χ1) is 9.88. The second-order valence-electron chi connectivity index (χ2n) is 4.58. The third kappa shape index (κ3) is 5.00. The monoisotopic (exact) mass is 268 g/mol. The van der Waals surface area contributed by atoms with Crippen LogP contribution >= 0.6 is 0 Å². The Morgan fingerprint density at radius 2 is 1.50 bits per heavy atom. The Morgan fingerprint density at radius 1 is 0.900 bits per heavy atom. The molecule has 104 valence electrons. The molecule has 0 radical (unpaired) electrons. The highest BCUT2D eigenvalue weighted by Gasteiger charge is 2.05. The van der Waals surface area contributed by atoms with Gasteiger partial charge in [-0.1, -0.05) is 66.7 Å². The third-order valence-corrected chi connectivity index (χ3v) is 3.02. The van der Waals surface area contributed by atoms with Gasteiger partial charge in [-0.05, 0) is 11.1 Å². The molecule has 0 aliphatic heterocycles. The van der Waals surface area contributed by atoms with Crippen LogP contribution in [0.2, 0.25) is 0 Å². The molecule has 0 saturated carbocycles. The molecule has 0 fully saturated rings. The standard InChI is InChI=1S/C18H20O2/c1-2-18(13-16-9-5-3-6-10-16)20-15-19-14-17-11-7-4-8-12-17/h2-12,18H,1,13-15H2. The minimum atomic E-state index is -0.0202. The molecule has 0 aliphatic carbocycles. The molecule has 0 N–H and O–H groups in total. The molecule has 0 heterocycles. The maximum Gasteiger partial charge on any atom is 0.147 e. The van der Waals surface area contributed by atoms with E-state index in [0.29, 0.717) is 6.61 Å². The van der Waals surface area contributed by atoms with Gasteiger partial charge in [-0.15, -0.1) is 6.58 Å². The highest BCUT2D eigenvalue weighted by molar-refractivity contribution is 5.16. The highest BCUT2D eigenvalue weighted by Crippen LogP contribution is 2.07. The second kappa shape index (κ2) is 8.31. The van der Waals surface area contributed by atoms with Crippen LogP contribution in [0.4, 0.5) is 0 Å². The van der Waals surface area contributed by atoms with Crippen molar-refractivity contribution in [3.8, 4) is 0 Å². The van der Waals surface area contributed by atoms with E-state index in [1.165, 1.54) is 5.56 Å². The molecule has 2 nitrogen and oxygen atoms in total. The molecule has 20 heavy (non-hydrogen) atoms. The molecular formula is C18H20O2. The average Bonchev–Trinajstić information content (AvgIpc) is 2.52. The zero-order valence-corrected chi connectivity index (χ0v) is 11.6. The van der Waals surface area contributed by atoms with Gasteiger partial charge < -0.3 is 9.47 Å². The van der Waals surface area contributed by atoms with E-state index in [9.17, 15) is 0 Å². The van der Waals surface area contributed by atoms with Crippen molar-refractivity contribution < 1.29 is 9.47 Å². The smallest absolute Gasteiger partial charge is 0.147 e. The van der Waals surface area contributed by atoms with Crippen LogP contribution in [-0.2, 0) is 22.5 Å². The van der Waals surface area contributed by atoms with E-state index in [2.05, 4.69) is 18.7 Å². The molecule has 2 heteroatoms. The van der Waals surface area contributed by atoms with E-state index in [-0.39, 0.29) is 12.9 Å². The number of ether oxygens (including phenoxy) is 2. The van der Waals surface area contributed by atoms with Crippen molar-refractivity contribution >= 4 is 0 Å². The van der Waals surface area contributed by atoms with Crippen molar-refractivity contribution in [3.63, 3.8) is 0 Å². The first-order valence-electron chi connectivity index (χ1n) is 6.78.